The van der Waals surface area contributed by atoms with Crippen LogP contribution in [0.5, 0.6) is 0 Å². The lowest BCUT2D eigenvalue weighted by atomic mass is 9.98. The average Bonchev–Trinajstić information content (AvgIpc) is 3.26. The molecule has 0 saturated carbocycles. The molecule has 0 spiro atoms. The molecule has 0 unspecified atom stereocenters. The normalized spacial score (nSPS) is 16.6. The van der Waals surface area contributed by atoms with Crippen molar-refractivity contribution in [2.24, 2.45) is 51.8 Å². The van der Waals surface area contributed by atoms with Crippen molar-refractivity contribution in [1.82, 2.24) is 42.5 Å². The summed E-state index contributed by atoms with van der Waals surface area (Å²) in [7, 11) is 0. The maximum Gasteiger partial charge on any atom is 0.326 e. The highest BCUT2D eigenvalue weighted by molar-refractivity contribution is 5.98. The maximum atomic E-state index is 14.0. The van der Waals surface area contributed by atoms with E-state index in [-0.39, 0.29) is 55.9 Å². The summed E-state index contributed by atoms with van der Waals surface area (Å²) >= 11 is 0. The first-order chi connectivity index (χ1) is 32.9. The van der Waals surface area contributed by atoms with Gasteiger partial charge in [-0.05, 0) is 75.5 Å². The third-order valence-corrected chi connectivity index (χ3v) is 11.3. The number of aliphatic imine (C=N–C) groups is 1. The van der Waals surface area contributed by atoms with Crippen LogP contribution >= 0.6 is 0 Å². The molecule has 0 saturated heterocycles. The molecule has 0 fully saturated rings. The second kappa shape index (κ2) is 32.3. The van der Waals surface area contributed by atoms with Crippen LogP contribution in [0.2, 0.25) is 0 Å². The van der Waals surface area contributed by atoms with Crippen molar-refractivity contribution in [2.75, 3.05) is 13.2 Å². The number of amides is 8. The highest BCUT2D eigenvalue weighted by atomic mass is 16.4. The summed E-state index contributed by atoms with van der Waals surface area (Å²) in [5.41, 5.74) is 16.8. The van der Waals surface area contributed by atoms with Crippen molar-refractivity contribution in [2.45, 2.75) is 188 Å². The minimum atomic E-state index is -1.72. The molecule has 0 aromatic heterocycles. The number of carboxylic acid groups (broad SMARTS) is 1. The molecule has 0 aliphatic heterocycles. The molecule has 0 aliphatic carbocycles. The number of nitrogens with zero attached hydrogens (tertiary/aromatic N) is 1. The Hall–Kier alpha value is -5.66. The van der Waals surface area contributed by atoms with Crippen LogP contribution in [0.3, 0.4) is 0 Å². The molecule has 0 aromatic rings. The monoisotopic (exact) mass is 1010 g/mol. The van der Waals surface area contributed by atoms with Crippen LogP contribution in [-0.4, -0.2) is 159 Å². The lowest BCUT2D eigenvalue weighted by molar-refractivity contribution is -0.144. The van der Waals surface area contributed by atoms with Gasteiger partial charge in [-0.25, -0.2) is 4.79 Å². The second-order valence-corrected chi connectivity index (χ2v) is 19.8. The molecule has 0 aliphatic rings. The number of nitrogens with one attached hydrogen (secondary N) is 8. The van der Waals surface area contributed by atoms with E-state index in [0.717, 1.165) is 0 Å². The Morgan fingerprint density at radius 2 is 0.831 bits per heavy atom. The van der Waals surface area contributed by atoms with Crippen molar-refractivity contribution < 1.29 is 63.6 Å². The van der Waals surface area contributed by atoms with Crippen LogP contribution in [0.1, 0.15) is 122 Å². The molecule has 0 heterocycles. The molecule has 0 aromatic carbocycles. The molecular weight excluding hydrogens is 929 g/mol. The fourth-order valence-corrected chi connectivity index (χ4v) is 7.06. The van der Waals surface area contributed by atoms with Crippen molar-refractivity contribution >= 4 is 59.2 Å². The Kier molecular flexibility index (Phi) is 29.8. The molecule has 18 N–H and O–H groups in total. The number of hydrogen-bond acceptors (Lipinski definition) is 14. The fourth-order valence-electron chi connectivity index (χ4n) is 7.06. The molecule has 0 rings (SSSR count). The van der Waals surface area contributed by atoms with E-state index in [9.17, 15) is 63.6 Å². The smallest absolute Gasteiger partial charge is 0.326 e. The zero-order valence-electron chi connectivity index (χ0n) is 43.5. The minimum absolute atomic E-state index is 0.00550. The van der Waals surface area contributed by atoms with Gasteiger partial charge in [-0.1, -0.05) is 75.7 Å². The first-order valence-electron chi connectivity index (χ1n) is 24.3. The molecular formula is C46H86N12O13. The summed E-state index contributed by atoms with van der Waals surface area (Å²) in [6, 6.07) is -12.5. The lowest BCUT2D eigenvalue weighted by Crippen LogP contribution is -2.63. The van der Waals surface area contributed by atoms with Crippen LogP contribution in [0, 0.1) is 29.6 Å². The molecule has 12 atom stereocenters. The summed E-state index contributed by atoms with van der Waals surface area (Å²) in [5.74, 6) is -10.2. The number of hydrogen-bond donors (Lipinski definition) is 15. The minimum Gasteiger partial charge on any atom is -0.480 e. The number of nitrogens with two attached hydrogens (primary N) is 3. The number of aliphatic hydroxyl groups is 3. The van der Waals surface area contributed by atoms with Gasteiger partial charge in [0.05, 0.1) is 24.9 Å². The van der Waals surface area contributed by atoms with Crippen LogP contribution in [-0.2, 0) is 43.2 Å². The summed E-state index contributed by atoms with van der Waals surface area (Å²) in [4.78, 5) is 124. The summed E-state index contributed by atoms with van der Waals surface area (Å²) < 4.78 is 0. The number of carbonyl (C=O) groups excluding carboxylic acids is 8. The number of guanidine groups is 1. The van der Waals surface area contributed by atoms with E-state index >= 15 is 0 Å². The molecule has 8 amide bonds. The van der Waals surface area contributed by atoms with Gasteiger partial charge in [0.2, 0.25) is 47.3 Å². The quantitative estimate of drug-likeness (QED) is 0.0176. The number of rotatable bonds is 33. The van der Waals surface area contributed by atoms with Gasteiger partial charge in [0, 0.05) is 6.54 Å². The van der Waals surface area contributed by atoms with Gasteiger partial charge in [-0.2, -0.15) is 0 Å². The third kappa shape index (κ3) is 24.3. The topological polar surface area (TPSA) is 421 Å². The predicted molar refractivity (Wildman–Crippen MR) is 264 cm³/mol. The van der Waals surface area contributed by atoms with Crippen molar-refractivity contribution in [3.63, 3.8) is 0 Å². The Morgan fingerprint density at radius 1 is 0.493 bits per heavy atom. The zero-order valence-corrected chi connectivity index (χ0v) is 43.5. The standard InChI is InChI=1S/C46H86N12O13/c1-13-25(10)34(45(70)71)56-44(69)36(27(12)61)57-41(66)32(20-59)54-39(64)29(17-21(2)3)52-38(63)30(18-22(4)5)53-43(68)35(26(11)60)58-42(67)33(24(8)9)55-40(65)31(19-23(6)7)51-37(62)28(47)15-14-16-50-46(48)49/h21-36,59-61H,13-20,47H2,1-12H3,(H,51,62)(H,52,63)(H,53,68)(H,54,64)(H,55,65)(H,56,69)(H,57,66)(H,58,67)(H,70,71)(H4,48,49,50)/t25-,26+,27+,28-,29-,30-,31-,32-,33-,34-,35-,36-/m0/s1. The van der Waals surface area contributed by atoms with Crippen molar-refractivity contribution in [3.8, 4) is 0 Å². The number of aliphatic hydroxyl groups excluding tert-OH is 3. The van der Waals surface area contributed by atoms with Gasteiger partial charge in [0.15, 0.2) is 5.96 Å². The number of carbonyl (C=O) groups is 9. The van der Waals surface area contributed by atoms with Gasteiger partial charge >= 0.3 is 5.97 Å². The molecule has 0 radical (unpaired) electrons. The first-order valence-corrected chi connectivity index (χ1v) is 24.3. The highest BCUT2D eigenvalue weighted by Gasteiger charge is 2.38. The molecule has 71 heavy (non-hydrogen) atoms. The van der Waals surface area contributed by atoms with E-state index < -0.39 is 138 Å². The van der Waals surface area contributed by atoms with E-state index in [2.05, 4.69) is 47.5 Å². The fraction of sp³-hybridized carbons (Fsp3) is 0.783. The van der Waals surface area contributed by atoms with Crippen LogP contribution in [0.15, 0.2) is 4.99 Å². The third-order valence-electron chi connectivity index (χ3n) is 11.3. The van der Waals surface area contributed by atoms with Crippen molar-refractivity contribution in [3.05, 3.63) is 0 Å². The Morgan fingerprint density at radius 3 is 1.21 bits per heavy atom. The molecule has 0 bridgehead atoms. The van der Waals surface area contributed by atoms with Crippen LogP contribution in [0.25, 0.3) is 0 Å². The molecule has 408 valence electrons. The summed E-state index contributed by atoms with van der Waals surface area (Å²) in [5, 5.41) is 60.7. The Labute approximate surface area is 417 Å². The van der Waals surface area contributed by atoms with Gasteiger partial charge in [0.1, 0.15) is 48.3 Å². The summed E-state index contributed by atoms with van der Waals surface area (Å²) in [6.45, 7) is 18.9. The number of carboxylic acids is 1. The Bertz CT molecular complexity index is 1790. The Balaban J connectivity index is 6.33. The van der Waals surface area contributed by atoms with E-state index in [1.165, 1.54) is 13.8 Å². The van der Waals surface area contributed by atoms with E-state index in [1.54, 1.807) is 55.4 Å². The molecule has 25 heteroatoms. The van der Waals surface area contributed by atoms with Gasteiger partial charge < -0.3 is 80.2 Å². The zero-order chi connectivity index (χ0) is 55.0. The van der Waals surface area contributed by atoms with E-state index in [4.69, 9.17) is 17.2 Å². The lowest BCUT2D eigenvalue weighted by Gasteiger charge is -2.30. The van der Waals surface area contributed by atoms with E-state index in [0.29, 0.717) is 12.8 Å². The van der Waals surface area contributed by atoms with Crippen LogP contribution in [0.4, 0.5) is 0 Å². The molecule has 25 nitrogen and oxygen atoms in total. The number of aliphatic carboxylic acids is 1. The predicted octanol–water partition coefficient (Wildman–Crippen LogP) is -3.08. The largest absolute Gasteiger partial charge is 0.480 e. The maximum absolute atomic E-state index is 14.0. The first kappa shape index (κ1) is 65.3. The second-order valence-electron chi connectivity index (χ2n) is 19.8. The summed E-state index contributed by atoms with van der Waals surface area (Å²) in [6.07, 6.45) is -1.90. The van der Waals surface area contributed by atoms with E-state index in [1.807, 2.05) is 13.8 Å². The van der Waals surface area contributed by atoms with Gasteiger partial charge in [-0.3, -0.25) is 43.3 Å². The SMILES string of the molecule is CC[C@H](C)[C@H](NC(=O)[C@@H](NC(=O)[C@H](CO)NC(=O)[C@H](CC(C)C)NC(=O)[C@H](CC(C)C)NC(=O)[C@@H](NC(=O)[C@@H](NC(=O)[C@H](CC(C)C)NC(=O)[C@@H](N)CCCN=C(N)N)C(C)C)[C@@H](C)O)[C@@H](C)O)C(=O)O. The highest BCUT2D eigenvalue weighted by Crippen LogP contribution is 2.13. The van der Waals surface area contributed by atoms with Crippen molar-refractivity contribution in [1.29, 1.82) is 0 Å². The van der Waals surface area contributed by atoms with Gasteiger partial charge in [-0.15, -0.1) is 0 Å². The average molecular weight is 1020 g/mol. The van der Waals surface area contributed by atoms with Gasteiger partial charge in [0.25, 0.3) is 0 Å². The van der Waals surface area contributed by atoms with Crippen LogP contribution < -0.4 is 59.7 Å².